The van der Waals surface area contributed by atoms with Crippen molar-refractivity contribution in [3.05, 3.63) is 10.2 Å². The Morgan fingerprint density at radius 2 is 2.33 bits per heavy atom. The van der Waals surface area contributed by atoms with Gasteiger partial charge in [-0.05, 0) is 10.0 Å². The molecule has 0 spiro atoms. The normalized spacial score (nSPS) is 13.0. The van der Waals surface area contributed by atoms with E-state index in [2.05, 4.69) is 22.6 Å². The molecule has 0 aliphatic carbocycles. The monoisotopic (exact) mass is 239 g/mol. The summed E-state index contributed by atoms with van der Waals surface area (Å²) in [5.74, 6) is 0.428. The van der Waals surface area contributed by atoms with Crippen LogP contribution in [0.5, 0.6) is 0 Å². The quantitative estimate of drug-likeness (QED) is 0.507. The van der Waals surface area contributed by atoms with Crippen molar-refractivity contribution in [1.82, 2.24) is 0 Å². The van der Waals surface area contributed by atoms with Crippen LogP contribution in [0.25, 0.3) is 0 Å². The molecule has 0 aromatic heterocycles. The Morgan fingerprint density at radius 1 is 1.89 bits per heavy atom. The summed E-state index contributed by atoms with van der Waals surface area (Å²) in [5, 5.41) is 0. The smallest absolute Gasteiger partial charge is 0.0236 e. The first-order valence-corrected chi connectivity index (χ1v) is 3.93. The van der Waals surface area contributed by atoms with Crippen LogP contribution in [-0.2, 0) is 4.70 Å². The molecule has 1 nitrogen and oxygen atoms in total. The van der Waals surface area contributed by atoms with Crippen molar-refractivity contribution >= 4 is 29.7 Å². The number of hydrogen-bond acceptors (Lipinski definition) is 1. The number of hydrogen-bond donors (Lipinski definition) is 0. The van der Waals surface area contributed by atoms with Crippen molar-refractivity contribution in [2.24, 2.45) is 5.92 Å². The third-order valence-corrected chi connectivity index (χ3v) is 0.816. The molecule has 0 bridgehead atoms. The molecule has 0 fully saturated rings. The van der Waals surface area contributed by atoms with Crippen LogP contribution in [0.15, 0.2) is 10.2 Å². The Balaban J connectivity index is 0. The van der Waals surface area contributed by atoms with Gasteiger partial charge in [0.05, 0.1) is 0 Å². The standard InChI is InChI=1S/C5H9I.CH3BO/c1-5(2)3-4-6;1-2-3/h3-5H,1-2H3;1H3/b4-3+;/i1D;/t5-;/m0./s1. The van der Waals surface area contributed by atoms with Gasteiger partial charge < -0.3 is 0 Å². The summed E-state index contributed by atoms with van der Waals surface area (Å²) in [6, 6.07) is 0. The van der Waals surface area contributed by atoms with Crippen molar-refractivity contribution in [2.75, 3.05) is 0 Å². The second-order valence-electron chi connectivity index (χ2n) is 1.53. The van der Waals surface area contributed by atoms with Crippen molar-refractivity contribution in [3.8, 4) is 0 Å². The summed E-state index contributed by atoms with van der Waals surface area (Å²) in [7, 11) is 0.750. The number of allylic oxidation sites excluding steroid dienone is 1. The topological polar surface area (TPSA) is 17.1 Å². The van der Waals surface area contributed by atoms with Gasteiger partial charge in [0, 0.05) is 1.37 Å². The molecule has 0 unspecified atom stereocenters. The van der Waals surface area contributed by atoms with Crippen LogP contribution in [0, 0.1) is 5.92 Å². The summed E-state index contributed by atoms with van der Waals surface area (Å²) >= 11 is 2.16. The Kier molecular flexibility index (Phi) is 11.6. The van der Waals surface area contributed by atoms with Gasteiger partial charge in [-0.2, -0.15) is 0 Å². The molecule has 9 heavy (non-hydrogen) atoms. The fraction of sp³-hybridized carbons (Fsp3) is 0.667. The van der Waals surface area contributed by atoms with Crippen LogP contribution < -0.4 is 0 Å². The Morgan fingerprint density at radius 3 is 2.44 bits per heavy atom. The molecule has 0 N–H and O–H groups in total. The van der Waals surface area contributed by atoms with E-state index in [-0.39, 0.29) is 0 Å². The molecule has 0 saturated carbocycles. The summed E-state index contributed by atoms with van der Waals surface area (Å²) < 4.78 is 17.6. The third-order valence-electron chi connectivity index (χ3n) is 0.401. The van der Waals surface area contributed by atoms with E-state index >= 15 is 0 Å². The van der Waals surface area contributed by atoms with Gasteiger partial charge in [-0.1, -0.05) is 42.5 Å². The van der Waals surface area contributed by atoms with Gasteiger partial charge in [0.15, 0.2) is 0 Å². The van der Waals surface area contributed by atoms with Gasteiger partial charge in [-0.3, -0.25) is 0 Å². The first-order valence-electron chi connectivity index (χ1n) is 3.39. The third kappa shape index (κ3) is 30.1. The van der Waals surface area contributed by atoms with Crippen molar-refractivity contribution in [3.63, 3.8) is 0 Å². The van der Waals surface area contributed by atoms with E-state index in [0.717, 1.165) is 7.15 Å². The van der Waals surface area contributed by atoms with Gasteiger partial charge in [-0.15, -0.1) is 0 Å². The average Bonchev–Trinajstić information content (AvgIpc) is 1.90. The Hall–Kier alpha value is 0.335. The SMILES string of the molecule is CB=O.[2H]C[C@@H](C)/C=C/I. The van der Waals surface area contributed by atoms with E-state index in [4.69, 9.17) is 6.08 Å². The van der Waals surface area contributed by atoms with E-state index in [1.54, 1.807) is 0 Å². The minimum atomic E-state index is 0.428. The molecule has 0 amide bonds. The van der Waals surface area contributed by atoms with Crippen LogP contribution in [0.1, 0.15) is 15.2 Å². The molecule has 0 aromatic rings. The van der Waals surface area contributed by atoms with Crippen LogP contribution in [0.4, 0.5) is 0 Å². The summed E-state index contributed by atoms with van der Waals surface area (Å²) in [5.41, 5.74) is 0. The molecule has 0 rings (SSSR count). The van der Waals surface area contributed by atoms with Gasteiger partial charge in [0.2, 0.25) is 0 Å². The molecule has 0 aliphatic heterocycles. The first kappa shape index (κ1) is 9.33. The predicted octanol–water partition coefficient (Wildman–Crippen LogP) is 2.68. The van der Waals surface area contributed by atoms with Crippen molar-refractivity contribution in [1.29, 1.82) is 0 Å². The van der Waals surface area contributed by atoms with Gasteiger partial charge in [-0.25, -0.2) is 0 Å². The van der Waals surface area contributed by atoms with Crippen molar-refractivity contribution in [2.45, 2.75) is 20.6 Å². The maximum atomic E-state index is 8.81. The fourth-order valence-corrected chi connectivity index (χ4v) is 0.833. The van der Waals surface area contributed by atoms with E-state index < -0.39 is 0 Å². The van der Waals surface area contributed by atoms with Gasteiger partial charge in [0.1, 0.15) is 0 Å². The molecule has 3 heteroatoms. The Bertz CT molecular complexity index is 97.7. The maximum absolute atomic E-state index is 8.81. The molecule has 0 aliphatic rings. The van der Waals surface area contributed by atoms with Crippen molar-refractivity contribution < 1.29 is 6.08 Å². The summed E-state index contributed by atoms with van der Waals surface area (Å²) in [4.78, 5) is 0. The summed E-state index contributed by atoms with van der Waals surface area (Å²) in [6.07, 6.45) is 2.02. The second kappa shape index (κ2) is 11.2. The van der Waals surface area contributed by atoms with Crippen LogP contribution in [-0.4, -0.2) is 7.15 Å². The molecule has 0 saturated heterocycles. The molecule has 1 atom stereocenters. The zero-order valence-corrected chi connectivity index (χ0v) is 7.96. The number of halogens is 1. The Labute approximate surface area is 72.7 Å². The minimum absolute atomic E-state index is 0.428. The molecule has 0 heterocycles. The molecule has 0 aromatic carbocycles. The fourth-order valence-electron chi connectivity index (χ4n) is 0.124. The molecular formula is C6H12BIO. The van der Waals surface area contributed by atoms with Gasteiger partial charge in [0.25, 0.3) is 0 Å². The average molecular weight is 239 g/mol. The van der Waals surface area contributed by atoms with Crippen LogP contribution in [0.2, 0.25) is 6.82 Å². The number of rotatable bonds is 1. The summed E-state index contributed by atoms with van der Waals surface area (Å²) in [6.45, 7) is 3.97. The largest absolute Gasteiger partial charge is 0.0759 e. The maximum Gasteiger partial charge on any atom is 0.0236 e. The zero-order chi connectivity index (χ0) is 8.41. The second-order valence-corrected chi connectivity index (χ2v) is 2.25. The predicted molar refractivity (Wildman–Crippen MR) is 50.3 cm³/mol. The minimum Gasteiger partial charge on any atom is -0.0759 e. The zero-order valence-electron chi connectivity index (χ0n) is 6.80. The molecular weight excluding hydrogens is 226 g/mol. The van der Waals surface area contributed by atoms with E-state index in [0.29, 0.717) is 12.8 Å². The van der Waals surface area contributed by atoms with E-state index in [1.165, 1.54) is 6.82 Å². The van der Waals surface area contributed by atoms with Crippen LogP contribution in [0.3, 0.4) is 0 Å². The molecule has 0 radical (unpaired) electrons. The first-order chi connectivity index (χ1) is 4.72. The van der Waals surface area contributed by atoms with E-state index in [9.17, 15) is 0 Å². The van der Waals surface area contributed by atoms with Gasteiger partial charge >= 0.3 is 18.7 Å². The van der Waals surface area contributed by atoms with E-state index in [1.807, 2.05) is 17.1 Å². The molecule has 52 valence electrons. The van der Waals surface area contributed by atoms with Crippen LogP contribution >= 0.6 is 22.6 Å².